The van der Waals surface area contributed by atoms with Crippen molar-refractivity contribution in [3.05, 3.63) is 24.3 Å². The molecule has 0 spiro atoms. The molecule has 2 fully saturated rings. The summed E-state index contributed by atoms with van der Waals surface area (Å²) < 4.78 is 5.73. The molecule has 1 heteroatoms. The van der Waals surface area contributed by atoms with Gasteiger partial charge in [0, 0.05) is 0 Å². The third-order valence-corrected chi connectivity index (χ3v) is 6.18. The molecule has 0 aromatic carbocycles. The van der Waals surface area contributed by atoms with Crippen LogP contribution in [0.3, 0.4) is 0 Å². The third-order valence-electron chi connectivity index (χ3n) is 6.18. The predicted octanol–water partition coefficient (Wildman–Crippen LogP) is 6.55. The van der Waals surface area contributed by atoms with E-state index in [1.807, 2.05) is 0 Å². The molecule has 0 amide bonds. The number of hydrogen-bond acceptors (Lipinski definition) is 1. The van der Waals surface area contributed by atoms with Gasteiger partial charge in [-0.05, 0) is 75.0 Å². The Kier molecular flexibility index (Phi) is 9.04. The normalized spacial score (nSPS) is 32.8. The van der Waals surface area contributed by atoms with Gasteiger partial charge >= 0.3 is 0 Å². The number of allylic oxidation sites excluding steroid dienone is 2. The molecule has 0 saturated heterocycles. The fourth-order valence-corrected chi connectivity index (χ4v) is 4.28. The minimum absolute atomic E-state index is 0.778. The number of hydrogen-bond donors (Lipinski definition) is 0. The van der Waals surface area contributed by atoms with Crippen LogP contribution in [0.15, 0.2) is 24.3 Å². The van der Waals surface area contributed by atoms with Gasteiger partial charge < -0.3 is 4.74 Å². The van der Waals surface area contributed by atoms with E-state index in [9.17, 15) is 0 Å². The van der Waals surface area contributed by atoms with E-state index in [1.165, 1.54) is 64.2 Å². The summed E-state index contributed by atoms with van der Waals surface area (Å²) >= 11 is 0. The van der Waals surface area contributed by atoms with Crippen molar-refractivity contribution in [2.24, 2.45) is 23.7 Å². The standard InChI is InChI=1S/C22H38O/c1-3-19-9-13-21(14-10-19)7-5-17-23-18-6-8-22-15-11-20(4-2)12-16-22/h5-8,19-22H,3-4,9-18H2,1-2H3/b7-5+,8-6+/t19-,20-,21-,22-. The van der Waals surface area contributed by atoms with Gasteiger partial charge in [-0.2, -0.15) is 0 Å². The van der Waals surface area contributed by atoms with Gasteiger partial charge in [0.15, 0.2) is 0 Å². The maximum Gasteiger partial charge on any atom is 0.0651 e. The smallest absolute Gasteiger partial charge is 0.0651 e. The number of rotatable bonds is 8. The molecule has 2 rings (SSSR count). The van der Waals surface area contributed by atoms with Crippen LogP contribution in [-0.4, -0.2) is 13.2 Å². The van der Waals surface area contributed by atoms with Gasteiger partial charge in [-0.15, -0.1) is 0 Å². The maximum absolute atomic E-state index is 5.73. The molecular weight excluding hydrogens is 280 g/mol. The van der Waals surface area contributed by atoms with Gasteiger partial charge in [-0.1, -0.05) is 51.0 Å². The van der Waals surface area contributed by atoms with Crippen molar-refractivity contribution in [1.82, 2.24) is 0 Å². The summed E-state index contributed by atoms with van der Waals surface area (Å²) in [6.45, 7) is 6.22. The molecule has 2 saturated carbocycles. The zero-order valence-electron chi connectivity index (χ0n) is 15.5. The van der Waals surface area contributed by atoms with Crippen LogP contribution >= 0.6 is 0 Å². The molecule has 0 N–H and O–H groups in total. The molecular formula is C22H38O. The minimum atomic E-state index is 0.778. The molecule has 0 heterocycles. The van der Waals surface area contributed by atoms with Crippen molar-refractivity contribution in [2.45, 2.75) is 78.1 Å². The highest BCUT2D eigenvalue weighted by Crippen LogP contribution is 2.32. The lowest BCUT2D eigenvalue weighted by Crippen LogP contribution is -2.12. The Hall–Kier alpha value is -0.560. The molecule has 132 valence electrons. The highest BCUT2D eigenvalue weighted by molar-refractivity contribution is 4.93. The van der Waals surface area contributed by atoms with Crippen LogP contribution < -0.4 is 0 Å². The first-order valence-corrected chi connectivity index (χ1v) is 10.2. The first kappa shape index (κ1) is 18.8. The van der Waals surface area contributed by atoms with Gasteiger partial charge in [0.2, 0.25) is 0 Å². The van der Waals surface area contributed by atoms with Crippen molar-refractivity contribution < 1.29 is 4.74 Å². The molecule has 23 heavy (non-hydrogen) atoms. The van der Waals surface area contributed by atoms with E-state index in [4.69, 9.17) is 4.74 Å². The molecule has 2 aliphatic rings. The summed E-state index contributed by atoms with van der Waals surface area (Å²) in [5, 5.41) is 0. The van der Waals surface area contributed by atoms with Crippen LogP contribution in [0.25, 0.3) is 0 Å². The molecule has 0 aromatic heterocycles. The van der Waals surface area contributed by atoms with Crippen molar-refractivity contribution in [1.29, 1.82) is 0 Å². The van der Waals surface area contributed by atoms with E-state index >= 15 is 0 Å². The second-order valence-electron chi connectivity index (χ2n) is 7.77. The van der Waals surface area contributed by atoms with E-state index < -0.39 is 0 Å². The highest BCUT2D eigenvalue weighted by atomic mass is 16.5. The van der Waals surface area contributed by atoms with E-state index in [2.05, 4.69) is 38.2 Å². The highest BCUT2D eigenvalue weighted by Gasteiger charge is 2.18. The zero-order valence-corrected chi connectivity index (χ0v) is 15.5. The van der Waals surface area contributed by atoms with Gasteiger partial charge in [0.1, 0.15) is 0 Å². The third kappa shape index (κ3) is 7.25. The molecule has 0 bridgehead atoms. The van der Waals surface area contributed by atoms with Crippen LogP contribution in [0.2, 0.25) is 0 Å². The number of ether oxygens (including phenoxy) is 1. The van der Waals surface area contributed by atoms with Gasteiger partial charge in [0.05, 0.1) is 13.2 Å². The Morgan fingerprint density at radius 3 is 1.39 bits per heavy atom. The lowest BCUT2D eigenvalue weighted by atomic mass is 9.81. The van der Waals surface area contributed by atoms with Crippen molar-refractivity contribution in [2.75, 3.05) is 13.2 Å². The molecule has 0 atom stereocenters. The summed E-state index contributed by atoms with van der Waals surface area (Å²) in [4.78, 5) is 0. The summed E-state index contributed by atoms with van der Waals surface area (Å²) in [6.07, 6.45) is 23.3. The predicted molar refractivity (Wildman–Crippen MR) is 101 cm³/mol. The Balaban J connectivity index is 1.49. The average Bonchev–Trinajstić information content (AvgIpc) is 2.62. The van der Waals surface area contributed by atoms with Gasteiger partial charge in [-0.25, -0.2) is 0 Å². The lowest BCUT2D eigenvalue weighted by molar-refractivity contribution is 0.192. The zero-order chi connectivity index (χ0) is 16.3. The second kappa shape index (κ2) is 11.1. The van der Waals surface area contributed by atoms with Crippen LogP contribution in [0.1, 0.15) is 78.1 Å². The largest absolute Gasteiger partial charge is 0.373 e. The fourth-order valence-electron chi connectivity index (χ4n) is 4.28. The van der Waals surface area contributed by atoms with Crippen LogP contribution in [0, 0.1) is 23.7 Å². The van der Waals surface area contributed by atoms with Crippen LogP contribution in [0.4, 0.5) is 0 Å². The van der Waals surface area contributed by atoms with Crippen molar-refractivity contribution in [3.8, 4) is 0 Å². The average molecular weight is 319 g/mol. The summed E-state index contributed by atoms with van der Waals surface area (Å²) in [6, 6.07) is 0. The Labute approximate surface area is 144 Å². The van der Waals surface area contributed by atoms with Gasteiger partial charge in [0.25, 0.3) is 0 Å². The minimum Gasteiger partial charge on any atom is -0.373 e. The quantitative estimate of drug-likeness (QED) is 0.364. The molecule has 0 unspecified atom stereocenters. The van der Waals surface area contributed by atoms with Crippen molar-refractivity contribution >= 4 is 0 Å². The van der Waals surface area contributed by atoms with E-state index in [1.54, 1.807) is 0 Å². The first-order valence-electron chi connectivity index (χ1n) is 10.2. The molecule has 0 aromatic rings. The summed E-state index contributed by atoms with van der Waals surface area (Å²) in [7, 11) is 0. The molecule has 0 aliphatic heterocycles. The first-order chi connectivity index (χ1) is 11.3. The van der Waals surface area contributed by atoms with Crippen LogP contribution in [-0.2, 0) is 4.74 Å². The topological polar surface area (TPSA) is 9.23 Å². The summed E-state index contributed by atoms with van der Waals surface area (Å²) in [5.41, 5.74) is 0. The van der Waals surface area contributed by atoms with E-state index in [0.717, 1.165) is 36.9 Å². The van der Waals surface area contributed by atoms with Gasteiger partial charge in [-0.3, -0.25) is 0 Å². The Morgan fingerprint density at radius 2 is 1.04 bits per heavy atom. The van der Waals surface area contributed by atoms with Crippen LogP contribution in [0.5, 0.6) is 0 Å². The Morgan fingerprint density at radius 1 is 0.652 bits per heavy atom. The fraction of sp³-hybridized carbons (Fsp3) is 0.818. The maximum atomic E-state index is 5.73. The summed E-state index contributed by atoms with van der Waals surface area (Å²) in [5.74, 6) is 3.61. The van der Waals surface area contributed by atoms with E-state index in [-0.39, 0.29) is 0 Å². The molecule has 1 nitrogen and oxygen atoms in total. The molecule has 0 radical (unpaired) electrons. The second-order valence-corrected chi connectivity index (χ2v) is 7.77. The lowest BCUT2D eigenvalue weighted by Gasteiger charge is -2.25. The van der Waals surface area contributed by atoms with E-state index in [0.29, 0.717) is 0 Å². The Bertz CT molecular complexity index is 307. The van der Waals surface area contributed by atoms with Crippen molar-refractivity contribution in [3.63, 3.8) is 0 Å². The SMILES string of the molecule is CC[C@H]1CC[C@H](/C=C/COC/C=C/[C@H]2CC[C@H](CC)CC2)CC1. The monoisotopic (exact) mass is 318 g/mol. The molecule has 2 aliphatic carbocycles.